The molecule has 0 fully saturated rings. The highest BCUT2D eigenvalue weighted by molar-refractivity contribution is 9.10. The molecule has 1 rings (SSSR count). The number of halogens is 2. The van der Waals surface area contributed by atoms with E-state index in [9.17, 15) is 8.42 Å². The average molecular weight is 404 g/mol. The molecule has 6 nitrogen and oxygen atoms in total. The lowest BCUT2D eigenvalue weighted by Gasteiger charge is -2.23. The average Bonchev–Trinajstić information content (AvgIpc) is 2.56. The Morgan fingerprint density at radius 1 is 1.44 bits per heavy atom. The molecule has 0 spiro atoms. The topological polar surface area (TPSA) is 76.9 Å². The van der Waals surface area contributed by atoms with Crippen LogP contribution in [-0.4, -0.2) is 35.3 Å². The second-order valence-electron chi connectivity index (χ2n) is 4.74. The third-order valence-electron chi connectivity index (χ3n) is 2.50. The summed E-state index contributed by atoms with van der Waals surface area (Å²) in [6.07, 6.45) is 0.875. The van der Waals surface area contributed by atoms with E-state index in [0.29, 0.717) is 6.54 Å². The summed E-state index contributed by atoms with van der Waals surface area (Å²) >= 11 is 6.44. The van der Waals surface area contributed by atoms with Crippen LogP contribution in [0.3, 0.4) is 0 Å². The van der Waals surface area contributed by atoms with Gasteiger partial charge in [-0.2, -0.15) is 0 Å². The lowest BCUT2D eigenvalue weighted by molar-refractivity contribution is 0.353. The monoisotopic (exact) mass is 402 g/mol. The smallest absolute Gasteiger partial charge is 0.235 e. The molecule has 0 bridgehead atoms. The third-order valence-corrected chi connectivity index (χ3v) is 5.19. The number of hydrogen-bond donors (Lipinski definition) is 1. The summed E-state index contributed by atoms with van der Waals surface area (Å²) in [5, 5.41) is 8.19. The molecule has 0 aromatic carbocycles. The molecule has 0 saturated heterocycles. The first-order chi connectivity index (χ1) is 8.19. The maximum absolute atomic E-state index is 12.1. The molecule has 0 aliphatic heterocycles. The molecule has 18 heavy (non-hydrogen) atoms. The summed E-state index contributed by atoms with van der Waals surface area (Å²) in [6.45, 7) is 4.37. The van der Waals surface area contributed by atoms with Gasteiger partial charge in [-0.3, -0.25) is 0 Å². The van der Waals surface area contributed by atoms with E-state index in [1.807, 2.05) is 13.8 Å². The summed E-state index contributed by atoms with van der Waals surface area (Å²) in [5.74, 6) is 0. The fourth-order valence-electron chi connectivity index (χ4n) is 1.31. The van der Waals surface area contributed by atoms with Crippen LogP contribution >= 0.6 is 31.9 Å². The first-order valence-corrected chi connectivity index (χ1v) is 8.70. The first kappa shape index (κ1) is 16.1. The van der Waals surface area contributed by atoms with Gasteiger partial charge >= 0.3 is 0 Å². The number of rotatable bonds is 6. The minimum absolute atomic E-state index is 0.0390. The summed E-state index contributed by atoms with van der Waals surface area (Å²) in [4.78, 5) is 0. The predicted octanol–water partition coefficient (Wildman–Crippen LogP) is 1.67. The van der Waals surface area contributed by atoms with Crippen LogP contribution in [-0.2, 0) is 17.1 Å². The largest absolute Gasteiger partial charge is 0.260 e. The van der Waals surface area contributed by atoms with E-state index >= 15 is 0 Å². The standard InChI is InChI=1S/C9H16Br2N4O2S/c1-9(2,4-5-10)6-12-18(16,17)8-7(11)13-14-15(8)3/h12H,4-6H2,1-3H3. The van der Waals surface area contributed by atoms with Gasteiger partial charge in [0.05, 0.1) is 0 Å². The second kappa shape index (κ2) is 5.98. The predicted molar refractivity (Wildman–Crippen MR) is 76.1 cm³/mol. The van der Waals surface area contributed by atoms with Gasteiger partial charge in [-0.25, -0.2) is 17.8 Å². The maximum Gasteiger partial charge on any atom is 0.260 e. The van der Waals surface area contributed by atoms with E-state index in [2.05, 4.69) is 46.9 Å². The SMILES string of the molecule is Cn1nnc(Br)c1S(=O)(=O)NCC(C)(C)CCBr. The molecule has 0 unspecified atom stereocenters. The lowest BCUT2D eigenvalue weighted by atomic mass is 9.91. The molecule has 104 valence electrons. The zero-order valence-corrected chi connectivity index (χ0v) is 14.4. The van der Waals surface area contributed by atoms with Crippen molar-refractivity contribution in [1.29, 1.82) is 0 Å². The molecule has 0 atom stereocenters. The Morgan fingerprint density at radius 2 is 2.06 bits per heavy atom. The van der Waals surface area contributed by atoms with Crippen molar-refractivity contribution in [3.05, 3.63) is 4.60 Å². The molecule has 0 saturated carbocycles. The van der Waals surface area contributed by atoms with Crippen molar-refractivity contribution in [3.63, 3.8) is 0 Å². The Hall–Kier alpha value is 0.01000. The number of aryl methyl sites for hydroxylation is 1. The van der Waals surface area contributed by atoms with Crippen molar-refractivity contribution in [2.45, 2.75) is 25.3 Å². The summed E-state index contributed by atoms with van der Waals surface area (Å²) in [7, 11) is -2.07. The van der Waals surface area contributed by atoms with Crippen molar-refractivity contribution in [2.75, 3.05) is 11.9 Å². The number of alkyl halides is 1. The Labute approximate surface area is 124 Å². The summed E-state index contributed by atoms with van der Waals surface area (Å²) in [5.41, 5.74) is -0.116. The summed E-state index contributed by atoms with van der Waals surface area (Å²) < 4.78 is 28.3. The van der Waals surface area contributed by atoms with Gasteiger partial charge < -0.3 is 0 Å². The minimum atomic E-state index is -3.60. The molecular weight excluding hydrogens is 388 g/mol. The van der Waals surface area contributed by atoms with Crippen molar-refractivity contribution in [2.24, 2.45) is 12.5 Å². The quantitative estimate of drug-likeness (QED) is 0.733. The fourth-order valence-corrected chi connectivity index (χ4v) is 4.72. The fraction of sp³-hybridized carbons (Fsp3) is 0.778. The molecule has 0 amide bonds. The molecule has 1 heterocycles. The number of hydrogen-bond acceptors (Lipinski definition) is 4. The highest BCUT2D eigenvalue weighted by Crippen LogP contribution is 2.22. The number of aromatic nitrogens is 3. The van der Waals surface area contributed by atoms with Crippen molar-refractivity contribution in [1.82, 2.24) is 19.7 Å². The molecule has 0 radical (unpaired) electrons. The van der Waals surface area contributed by atoms with E-state index in [4.69, 9.17) is 0 Å². The molecule has 9 heteroatoms. The normalized spacial score (nSPS) is 12.9. The maximum atomic E-state index is 12.1. The summed E-state index contributed by atoms with van der Waals surface area (Å²) in [6, 6.07) is 0. The van der Waals surface area contributed by atoms with Gasteiger partial charge in [-0.15, -0.1) is 5.10 Å². The van der Waals surface area contributed by atoms with E-state index in [-0.39, 0.29) is 15.0 Å². The van der Waals surface area contributed by atoms with Crippen LogP contribution in [0.2, 0.25) is 0 Å². The molecule has 0 aliphatic rings. The molecule has 1 aromatic rings. The third kappa shape index (κ3) is 4.01. The Bertz CT molecular complexity index is 493. The zero-order chi connectivity index (χ0) is 14.0. The van der Waals surface area contributed by atoms with Crippen LogP contribution in [0.5, 0.6) is 0 Å². The molecule has 1 aromatic heterocycles. The minimum Gasteiger partial charge on any atom is -0.235 e. The molecule has 1 N–H and O–H groups in total. The Kier molecular flexibility index (Phi) is 5.33. The van der Waals surface area contributed by atoms with Gasteiger partial charge in [-0.1, -0.05) is 35.0 Å². The number of nitrogens with one attached hydrogen (secondary N) is 1. The van der Waals surface area contributed by atoms with Crippen LogP contribution in [0.1, 0.15) is 20.3 Å². The van der Waals surface area contributed by atoms with Crippen LogP contribution in [0.4, 0.5) is 0 Å². The Balaban J connectivity index is 2.84. The number of nitrogens with zero attached hydrogens (tertiary/aromatic N) is 3. The molecular formula is C9H16Br2N4O2S. The van der Waals surface area contributed by atoms with Gasteiger partial charge in [0, 0.05) is 18.9 Å². The van der Waals surface area contributed by atoms with Crippen molar-refractivity contribution in [3.8, 4) is 0 Å². The second-order valence-corrected chi connectivity index (χ2v) is 7.96. The highest BCUT2D eigenvalue weighted by atomic mass is 79.9. The lowest BCUT2D eigenvalue weighted by Crippen LogP contribution is -2.35. The highest BCUT2D eigenvalue weighted by Gasteiger charge is 2.26. The Morgan fingerprint density at radius 3 is 2.50 bits per heavy atom. The first-order valence-electron chi connectivity index (χ1n) is 5.30. The van der Waals surface area contributed by atoms with Gasteiger partial charge in [0.25, 0.3) is 10.0 Å². The van der Waals surface area contributed by atoms with Gasteiger partial charge in [0.1, 0.15) is 0 Å². The van der Waals surface area contributed by atoms with Crippen molar-refractivity contribution < 1.29 is 8.42 Å². The van der Waals surface area contributed by atoms with Gasteiger partial charge in [-0.05, 0) is 27.8 Å². The van der Waals surface area contributed by atoms with Crippen LogP contribution < -0.4 is 4.72 Å². The van der Waals surface area contributed by atoms with E-state index in [0.717, 1.165) is 11.8 Å². The zero-order valence-electron chi connectivity index (χ0n) is 10.4. The van der Waals surface area contributed by atoms with Gasteiger partial charge in [0.2, 0.25) is 5.03 Å². The van der Waals surface area contributed by atoms with Crippen LogP contribution in [0.15, 0.2) is 9.63 Å². The van der Waals surface area contributed by atoms with E-state index < -0.39 is 10.0 Å². The number of sulfonamides is 1. The van der Waals surface area contributed by atoms with Crippen LogP contribution in [0.25, 0.3) is 0 Å². The van der Waals surface area contributed by atoms with E-state index in [1.54, 1.807) is 0 Å². The van der Waals surface area contributed by atoms with E-state index in [1.165, 1.54) is 11.7 Å². The van der Waals surface area contributed by atoms with Gasteiger partial charge in [0.15, 0.2) is 4.60 Å². The van der Waals surface area contributed by atoms with Crippen molar-refractivity contribution >= 4 is 41.9 Å². The van der Waals surface area contributed by atoms with Crippen LogP contribution in [0, 0.1) is 5.41 Å². The molecule has 0 aliphatic carbocycles.